The van der Waals surface area contributed by atoms with Gasteiger partial charge in [-0.3, -0.25) is 0 Å². The van der Waals surface area contributed by atoms with Crippen LogP contribution in [0, 0.1) is 0 Å². The predicted molar refractivity (Wildman–Crippen MR) is 130 cm³/mol. The second-order valence-corrected chi connectivity index (χ2v) is 8.04. The van der Waals surface area contributed by atoms with Crippen molar-refractivity contribution in [1.82, 2.24) is 4.98 Å². The Morgan fingerprint density at radius 3 is 2.09 bits per heavy atom. The highest BCUT2D eigenvalue weighted by Crippen LogP contribution is 2.38. The zero-order valence-corrected chi connectivity index (χ0v) is 17.1. The van der Waals surface area contributed by atoms with Crippen LogP contribution in [0.2, 0.25) is 0 Å². The largest absolute Gasteiger partial charge is 0.456 e. The van der Waals surface area contributed by atoms with Crippen LogP contribution in [0.5, 0.6) is 0 Å². The lowest BCUT2D eigenvalue weighted by molar-refractivity contribution is 0.620. The first-order valence-corrected chi connectivity index (χ1v) is 10.6. The van der Waals surface area contributed by atoms with Crippen LogP contribution in [0.25, 0.3) is 66.4 Å². The molecular formula is C29H17NO2. The van der Waals surface area contributed by atoms with Crippen molar-refractivity contribution in [3.8, 4) is 22.6 Å². The van der Waals surface area contributed by atoms with Gasteiger partial charge in [-0.1, -0.05) is 60.7 Å². The molecule has 7 aromatic rings. The molecule has 0 fully saturated rings. The van der Waals surface area contributed by atoms with Crippen LogP contribution in [0.15, 0.2) is 112 Å². The molecule has 0 N–H and O–H groups in total. The minimum Gasteiger partial charge on any atom is -0.456 e. The van der Waals surface area contributed by atoms with Crippen molar-refractivity contribution in [2.45, 2.75) is 0 Å². The Kier molecular flexibility index (Phi) is 3.55. The van der Waals surface area contributed by atoms with E-state index in [1.807, 2.05) is 30.3 Å². The number of benzene rings is 5. The lowest BCUT2D eigenvalue weighted by atomic mass is 9.97. The van der Waals surface area contributed by atoms with Gasteiger partial charge in [0.15, 0.2) is 5.58 Å². The van der Waals surface area contributed by atoms with E-state index in [4.69, 9.17) is 8.83 Å². The molecule has 0 atom stereocenters. The molecule has 7 rings (SSSR count). The topological polar surface area (TPSA) is 39.2 Å². The van der Waals surface area contributed by atoms with Crippen molar-refractivity contribution < 1.29 is 8.83 Å². The molecule has 0 bridgehead atoms. The number of fused-ring (bicyclic) bond motifs is 5. The normalized spacial score (nSPS) is 11.8. The van der Waals surface area contributed by atoms with Gasteiger partial charge in [0.2, 0.25) is 5.89 Å². The van der Waals surface area contributed by atoms with E-state index in [0.29, 0.717) is 5.89 Å². The Bertz CT molecular complexity index is 1740. The van der Waals surface area contributed by atoms with Gasteiger partial charge in [0.25, 0.3) is 0 Å². The summed E-state index contributed by atoms with van der Waals surface area (Å²) in [5.74, 6) is 0.635. The van der Waals surface area contributed by atoms with Gasteiger partial charge in [0, 0.05) is 16.3 Å². The van der Waals surface area contributed by atoms with Gasteiger partial charge in [-0.15, -0.1) is 0 Å². The summed E-state index contributed by atoms with van der Waals surface area (Å²) in [4.78, 5) is 4.62. The second-order valence-electron chi connectivity index (χ2n) is 8.04. The molecule has 0 aliphatic carbocycles. The summed E-state index contributed by atoms with van der Waals surface area (Å²) < 4.78 is 12.2. The molecule has 3 nitrogen and oxygen atoms in total. The smallest absolute Gasteiger partial charge is 0.227 e. The van der Waals surface area contributed by atoms with E-state index >= 15 is 0 Å². The monoisotopic (exact) mass is 411 g/mol. The number of oxazole rings is 1. The van der Waals surface area contributed by atoms with Crippen LogP contribution in [0.4, 0.5) is 0 Å². The predicted octanol–water partition coefficient (Wildman–Crippen LogP) is 8.21. The van der Waals surface area contributed by atoms with E-state index in [9.17, 15) is 0 Å². The van der Waals surface area contributed by atoms with Crippen LogP contribution < -0.4 is 0 Å². The number of nitrogens with zero attached hydrogens (tertiary/aromatic N) is 1. The van der Waals surface area contributed by atoms with Gasteiger partial charge in [0.1, 0.15) is 16.7 Å². The average molecular weight is 411 g/mol. The maximum atomic E-state index is 6.22. The molecule has 0 radical (unpaired) electrons. The maximum Gasteiger partial charge on any atom is 0.227 e. The lowest BCUT2D eigenvalue weighted by Gasteiger charge is -2.05. The molecule has 2 aromatic heterocycles. The standard InChI is InChI=1S/C29H17NO2/c1-2-7-21-17-27-23(16-20(21)6-1)28-22(8-5-11-26(28)31-27)18-12-14-19(15-13-18)29-30-24-9-3-4-10-25(24)32-29/h1-17H. The van der Waals surface area contributed by atoms with E-state index < -0.39 is 0 Å². The molecule has 32 heavy (non-hydrogen) atoms. The quantitative estimate of drug-likeness (QED) is 0.288. The SMILES string of the molecule is c1ccc2cc3c(cc2c1)oc1cccc(-c2ccc(-c4nc5ccccc5o4)cc2)c13. The summed E-state index contributed by atoms with van der Waals surface area (Å²) in [7, 11) is 0. The van der Waals surface area contributed by atoms with Crippen LogP contribution in [0.1, 0.15) is 0 Å². The molecule has 0 saturated heterocycles. The van der Waals surface area contributed by atoms with E-state index in [1.54, 1.807) is 0 Å². The molecule has 0 unspecified atom stereocenters. The van der Waals surface area contributed by atoms with Gasteiger partial charge in [0.05, 0.1) is 0 Å². The highest BCUT2D eigenvalue weighted by atomic mass is 16.3. The molecular weight excluding hydrogens is 394 g/mol. The first-order valence-electron chi connectivity index (χ1n) is 10.6. The van der Waals surface area contributed by atoms with Crippen molar-refractivity contribution in [3.05, 3.63) is 103 Å². The van der Waals surface area contributed by atoms with Crippen molar-refractivity contribution in [2.75, 3.05) is 0 Å². The van der Waals surface area contributed by atoms with Crippen LogP contribution in [-0.4, -0.2) is 4.98 Å². The molecule has 0 aliphatic heterocycles. The zero-order chi connectivity index (χ0) is 21.1. The van der Waals surface area contributed by atoms with Gasteiger partial charge in [-0.2, -0.15) is 0 Å². The second kappa shape index (κ2) is 6.56. The minimum atomic E-state index is 0.635. The van der Waals surface area contributed by atoms with E-state index in [2.05, 4.69) is 77.8 Å². The first kappa shape index (κ1) is 17.3. The third kappa shape index (κ3) is 2.58. The Hall–Kier alpha value is -4.37. The van der Waals surface area contributed by atoms with Gasteiger partial charge in [-0.25, -0.2) is 4.98 Å². The van der Waals surface area contributed by atoms with Gasteiger partial charge in [-0.05, 0) is 64.4 Å². The fourth-order valence-electron chi connectivity index (χ4n) is 4.54. The molecule has 2 heterocycles. The minimum absolute atomic E-state index is 0.635. The molecule has 5 aromatic carbocycles. The summed E-state index contributed by atoms with van der Waals surface area (Å²) in [6.07, 6.45) is 0. The summed E-state index contributed by atoms with van der Waals surface area (Å²) in [5, 5.41) is 4.67. The number of furan rings is 1. The average Bonchev–Trinajstić information content (AvgIpc) is 3.44. The summed E-state index contributed by atoms with van der Waals surface area (Å²) in [5.41, 5.74) is 6.72. The number of hydrogen-bond acceptors (Lipinski definition) is 3. The first-order chi connectivity index (χ1) is 15.8. The number of para-hydroxylation sites is 2. The number of rotatable bonds is 2. The van der Waals surface area contributed by atoms with Crippen molar-refractivity contribution >= 4 is 43.8 Å². The van der Waals surface area contributed by atoms with Crippen LogP contribution >= 0.6 is 0 Å². The van der Waals surface area contributed by atoms with Crippen molar-refractivity contribution in [2.24, 2.45) is 0 Å². The molecule has 150 valence electrons. The number of hydrogen-bond donors (Lipinski definition) is 0. The molecule has 3 heteroatoms. The van der Waals surface area contributed by atoms with Gasteiger partial charge < -0.3 is 8.83 Å². The summed E-state index contributed by atoms with van der Waals surface area (Å²) in [6, 6.07) is 35.2. The van der Waals surface area contributed by atoms with Crippen LogP contribution in [0.3, 0.4) is 0 Å². The fourth-order valence-corrected chi connectivity index (χ4v) is 4.54. The Labute approximate surface area is 183 Å². The third-order valence-electron chi connectivity index (χ3n) is 6.10. The van der Waals surface area contributed by atoms with Crippen LogP contribution in [-0.2, 0) is 0 Å². The highest BCUT2D eigenvalue weighted by Gasteiger charge is 2.14. The van der Waals surface area contributed by atoms with E-state index in [1.165, 1.54) is 10.8 Å². The van der Waals surface area contributed by atoms with Gasteiger partial charge >= 0.3 is 0 Å². The van der Waals surface area contributed by atoms with E-state index in [0.717, 1.165) is 49.7 Å². The Balaban J connectivity index is 1.39. The maximum absolute atomic E-state index is 6.22. The summed E-state index contributed by atoms with van der Waals surface area (Å²) in [6.45, 7) is 0. The lowest BCUT2D eigenvalue weighted by Crippen LogP contribution is -1.82. The third-order valence-corrected chi connectivity index (χ3v) is 6.10. The summed E-state index contributed by atoms with van der Waals surface area (Å²) >= 11 is 0. The number of aromatic nitrogens is 1. The fraction of sp³-hybridized carbons (Fsp3) is 0. The highest BCUT2D eigenvalue weighted by molar-refractivity contribution is 6.15. The molecule has 0 aliphatic rings. The molecule has 0 amide bonds. The van der Waals surface area contributed by atoms with Crippen molar-refractivity contribution in [1.29, 1.82) is 0 Å². The molecule has 0 saturated carbocycles. The molecule has 0 spiro atoms. The zero-order valence-electron chi connectivity index (χ0n) is 17.1. The van der Waals surface area contributed by atoms with Crippen molar-refractivity contribution in [3.63, 3.8) is 0 Å². The Morgan fingerprint density at radius 2 is 1.25 bits per heavy atom. The Morgan fingerprint density at radius 1 is 0.531 bits per heavy atom. The van der Waals surface area contributed by atoms with E-state index in [-0.39, 0.29) is 0 Å².